The molecule has 0 amide bonds. The lowest BCUT2D eigenvalue weighted by Gasteiger charge is -2.19. The van der Waals surface area contributed by atoms with Crippen molar-refractivity contribution in [1.29, 1.82) is 0 Å². The fourth-order valence-electron chi connectivity index (χ4n) is 5.37. The maximum atomic E-state index is 12.8. The number of esters is 2. The lowest BCUT2D eigenvalue weighted by atomic mass is 10.0. The molecule has 0 saturated heterocycles. The normalized spacial score (nSPS) is 12.0. The van der Waals surface area contributed by atoms with Crippen molar-refractivity contribution in [3.8, 4) is 11.5 Å². The monoisotopic (exact) mass is 692 g/mol. The molecule has 0 radical (unpaired) electrons. The summed E-state index contributed by atoms with van der Waals surface area (Å²) in [7, 11) is 0. The maximum Gasteiger partial charge on any atom is 0.306 e. The van der Waals surface area contributed by atoms with Gasteiger partial charge in [-0.1, -0.05) is 72.8 Å². The van der Waals surface area contributed by atoms with Gasteiger partial charge in [-0.3, -0.25) is 19.2 Å². The summed E-state index contributed by atoms with van der Waals surface area (Å²) in [5.41, 5.74) is 0.607. The first-order valence-corrected chi connectivity index (χ1v) is 17.3. The fourth-order valence-corrected chi connectivity index (χ4v) is 5.37. The van der Waals surface area contributed by atoms with E-state index in [-0.39, 0.29) is 42.8 Å². The summed E-state index contributed by atoms with van der Waals surface area (Å²) in [5, 5.41) is 3.57. The van der Waals surface area contributed by atoms with Crippen molar-refractivity contribution < 1.29 is 38.1 Å². The van der Waals surface area contributed by atoms with E-state index >= 15 is 0 Å². The molecule has 0 unspecified atom stereocenters. The molecule has 0 heterocycles. The molecule has 0 saturated carbocycles. The van der Waals surface area contributed by atoms with Gasteiger partial charge in [0.25, 0.3) is 0 Å². The minimum absolute atomic E-state index is 0.256. The summed E-state index contributed by atoms with van der Waals surface area (Å²) in [6.07, 6.45) is 7.61. The summed E-state index contributed by atoms with van der Waals surface area (Å²) in [4.78, 5) is 49.6. The molecule has 0 aliphatic carbocycles. The summed E-state index contributed by atoms with van der Waals surface area (Å²) < 4.78 is 22.7. The van der Waals surface area contributed by atoms with Crippen molar-refractivity contribution in [2.45, 2.75) is 84.8 Å². The van der Waals surface area contributed by atoms with Crippen LogP contribution in [0.5, 0.6) is 11.5 Å². The van der Waals surface area contributed by atoms with Gasteiger partial charge in [0.15, 0.2) is 11.6 Å². The van der Waals surface area contributed by atoms with E-state index in [4.69, 9.17) is 18.9 Å². The second kappa shape index (κ2) is 17.6. The van der Waals surface area contributed by atoms with Crippen molar-refractivity contribution >= 4 is 57.2 Å². The zero-order chi connectivity index (χ0) is 37.0. The Morgan fingerprint density at radius 1 is 0.529 bits per heavy atom. The molecule has 8 heteroatoms. The third-order valence-electron chi connectivity index (χ3n) is 7.49. The van der Waals surface area contributed by atoms with Gasteiger partial charge in [-0.05, 0) is 101 Å². The summed E-state index contributed by atoms with van der Waals surface area (Å²) in [6.45, 7) is 11.8. The molecule has 0 atom stereocenters. The van der Waals surface area contributed by atoms with Gasteiger partial charge in [-0.25, -0.2) is 0 Å². The van der Waals surface area contributed by atoms with Crippen LogP contribution in [-0.2, 0) is 28.7 Å². The number of fused-ring (bicyclic) bond motifs is 2. The molecule has 8 nitrogen and oxygen atoms in total. The lowest BCUT2D eigenvalue weighted by Crippen LogP contribution is -2.24. The predicted molar refractivity (Wildman–Crippen MR) is 202 cm³/mol. The molecule has 0 bridgehead atoms. The minimum Gasteiger partial charge on any atom is -0.493 e. The quantitative estimate of drug-likeness (QED) is 0.0495. The molecule has 4 aromatic rings. The molecule has 0 aliphatic rings. The highest BCUT2D eigenvalue weighted by atomic mass is 16.6. The Morgan fingerprint density at radius 2 is 0.902 bits per heavy atom. The smallest absolute Gasteiger partial charge is 0.306 e. The van der Waals surface area contributed by atoms with E-state index in [0.717, 1.165) is 32.7 Å². The number of hydrogen-bond donors (Lipinski definition) is 0. The molecule has 0 N–H and O–H groups in total. The molecular weight excluding hydrogens is 644 g/mol. The molecule has 4 rings (SSSR count). The van der Waals surface area contributed by atoms with Crippen LogP contribution < -0.4 is 9.47 Å². The van der Waals surface area contributed by atoms with Gasteiger partial charge in [0, 0.05) is 23.6 Å². The Balaban J connectivity index is 1.33. The van der Waals surface area contributed by atoms with Gasteiger partial charge in [0.05, 0.1) is 19.6 Å². The Labute approximate surface area is 300 Å². The van der Waals surface area contributed by atoms with Gasteiger partial charge in [0.2, 0.25) is 0 Å². The van der Waals surface area contributed by atoms with Crippen LogP contribution in [0.4, 0.5) is 0 Å². The average molecular weight is 693 g/mol. The van der Waals surface area contributed by atoms with Crippen LogP contribution in [0.25, 0.3) is 33.7 Å². The largest absolute Gasteiger partial charge is 0.493 e. The van der Waals surface area contributed by atoms with Crippen LogP contribution in [0.2, 0.25) is 0 Å². The van der Waals surface area contributed by atoms with Crippen LogP contribution in [0.1, 0.15) is 84.8 Å². The summed E-state index contributed by atoms with van der Waals surface area (Å²) in [5.74, 6) is 0.239. The molecule has 0 spiro atoms. The number of benzene rings is 4. The first kappa shape index (κ1) is 38.6. The van der Waals surface area contributed by atoms with E-state index < -0.39 is 11.2 Å². The highest BCUT2D eigenvalue weighted by Crippen LogP contribution is 2.31. The second-order valence-corrected chi connectivity index (χ2v) is 14.3. The van der Waals surface area contributed by atoms with E-state index in [9.17, 15) is 19.2 Å². The molecule has 51 heavy (non-hydrogen) atoms. The number of ketones is 2. The average Bonchev–Trinajstić information content (AvgIpc) is 3.05. The number of rotatable bonds is 16. The van der Waals surface area contributed by atoms with Gasteiger partial charge < -0.3 is 18.9 Å². The van der Waals surface area contributed by atoms with Crippen molar-refractivity contribution in [3.05, 3.63) is 96.1 Å². The van der Waals surface area contributed by atoms with Crippen molar-refractivity contribution in [2.75, 3.05) is 13.2 Å². The Morgan fingerprint density at radius 3 is 1.27 bits per heavy atom. The van der Waals surface area contributed by atoms with Crippen LogP contribution in [-0.4, -0.2) is 47.9 Å². The Hall–Kier alpha value is -5.24. The molecular formula is C43H48O8. The molecule has 0 aromatic heterocycles. The molecule has 0 fully saturated rings. The maximum absolute atomic E-state index is 12.8. The van der Waals surface area contributed by atoms with E-state index in [1.54, 1.807) is 12.2 Å². The standard InChI is InChI=1S/C43H48O8/c1-42(2,3)50-40(46)17-11-27-48-38-25-21-30(34-13-7-9-15-36(34)38)19-23-32(44)29-33(45)24-20-31-22-26-39(37-16-10-8-14-35(31)37)49-28-12-18-41(47)51-43(4,5)6/h7-10,13-16,19-26H,11-12,17-18,27-29H2,1-6H3/b23-19+,24-20+. The topological polar surface area (TPSA) is 105 Å². The highest BCUT2D eigenvalue weighted by Gasteiger charge is 2.17. The molecule has 268 valence electrons. The first-order valence-electron chi connectivity index (χ1n) is 17.3. The third-order valence-corrected chi connectivity index (χ3v) is 7.49. The van der Waals surface area contributed by atoms with Crippen molar-refractivity contribution in [1.82, 2.24) is 0 Å². The zero-order valence-electron chi connectivity index (χ0n) is 30.5. The minimum atomic E-state index is -0.518. The predicted octanol–water partition coefficient (Wildman–Crippen LogP) is 9.25. The van der Waals surface area contributed by atoms with E-state index in [2.05, 4.69) is 0 Å². The second-order valence-electron chi connectivity index (χ2n) is 14.3. The number of ether oxygens (including phenoxy) is 4. The van der Waals surface area contributed by atoms with Gasteiger partial charge in [-0.2, -0.15) is 0 Å². The number of carbonyl (C=O) groups is 4. The van der Waals surface area contributed by atoms with Crippen LogP contribution >= 0.6 is 0 Å². The third kappa shape index (κ3) is 12.5. The lowest BCUT2D eigenvalue weighted by molar-refractivity contribution is -0.156. The highest BCUT2D eigenvalue weighted by molar-refractivity contribution is 6.12. The van der Waals surface area contributed by atoms with Gasteiger partial charge in [-0.15, -0.1) is 0 Å². The summed E-state index contributed by atoms with van der Waals surface area (Å²) in [6, 6.07) is 22.9. The van der Waals surface area contributed by atoms with E-state index in [0.29, 0.717) is 37.6 Å². The fraction of sp³-hybridized carbons (Fsp3) is 0.349. The summed E-state index contributed by atoms with van der Waals surface area (Å²) >= 11 is 0. The van der Waals surface area contributed by atoms with E-state index in [1.807, 2.05) is 114 Å². The van der Waals surface area contributed by atoms with Crippen LogP contribution in [0, 0.1) is 0 Å². The first-order chi connectivity index (χ1) is 24.2. The zero-order valence-corrected chi connectivity index (χ0v) is 30.5. The number of allylic oxidation sites excluding steroid dienone is 2. The van der Waals surface area contributed by atoms with Gasteiger partial charge in [0.1, 0.15) is 22.7 Å². The Kier molecular flexibility index (Phi) is 13.3. The van der Waals surface area contributed by atoms with Crippen LogP contribution in [0.15, 0.2) is 84.9 Å². The number of carbonyl (C=O) groups excluding carboxylic acids is 4. The van der Waals surface area contributed by atoms with Crippen LogP contribution in [0.3, 0.4) is 0 Å². The Bertz CT molecular complexity index is 1780. The SMILES string of the molecule is CC(C)(C)OC(=O)CCCOc1ccc(/C=C/C(=O)CC(=O)/C=C/c2ccc(OCCCC(=O)OC(C)(C)C)c3ccccc23)c2ccccc12. The van der Waals surface area contributed by atoms with Gasteiger partial charge >= 0.3 is 11.9 Å². The van der Waals surface area contributed by atoms with Crippen molar-refractivity contribution in [3.63, 3.8) is 0 Å². The molecule has 0 aliphatic heterocycles. The number of hydrogen-bond acceptors (Lipinski definition) is 8. The molecule has 4 aromatic carbocycles. The van der Waals surface area contributed by atoms with E-state index in [1.165, 1.54) is 12.2 Å². The van der Waals surface area contributed by atoms with Crippen molar-refractivity contribution in [2.24, 2.45) is 0 Å².